The van der Waals surface area contributed by atoms with Crippen LogP contribution in [0.15, 0.2) is 71.4 Å². The lowest BCUT2D eigenvalue weighted by atomic mass is 10.0. The molecule has 0 atom stereocenters. The van der Waals surface area contributed by atoms with Gasteiger partial charge in [0, 0.05) is 24.9 Å². The largest absolute Gasteiger partial charge is 0.352 e. The first-order valence-electron chi connectivity index (χ1n) is 8.19. The molecule has 0 unspecified atom stereocenters. The van der Waals surface area contributed by atoms with Gasteiger partial charge >= 0.3 is 0 Å². The summed E-state index contributed by atoms with van der Waals surface area (Å²) in [5.41, 5.74) is 4.01. The van der Waals surface area contributed by atoms with Gasteiger partial charge in [0.25, 0.3) is 0 Å². The Kier molecular flexibility index (Phi) is 5.75. The Hall–Kier alpha value is -2.72. The van der Waals surface area contributed by atoms with Crippen molar-refractivity contribution in [3.8, 4) is 11.1 Å². The molecule has 3 nitrogen and oxygen atoms in total. The second kappa shape index (κ2) is 8.40. The third-order valence-corrected chi connectivity index (χ3v) is 4.68. The minimum absolute atomic E-state index is 0.00516. The number of Topliss-reactive ketones (excluding diaryl/α,β-unsaturated/α-hetero) is 1. The van der Waals surface area contributed by atoms with Crippen LogP contribution in [-0.4, -0.2) is 11.7 Å². The van der Waals surface area contributed by atoms with Crippen molar-refractivity contribution in [2.24, 2.45) is 0 Å². The van der Waals surface area contributed by atoms with Gasteiger partial charge < -0.3 is 5.32 Å². The van der Waals surface area contributed by atoms with E-state index in [1.54, 1.807) is 23.5 Å². The summed E-state index contributed by atoms with van der Waals surface area (Å²) in [4.78, 5) is 24.1. The summed E-state index contributed by atoms with van der Waals surface area (Å²) in [6, 6.07) is 19.2. The summed E-state index contributed by atoms with van der Waals surface area (Å²) in [6.45, 7) is 0.463. The SMILES string of the molecule is O=C(CCC(=O)c1ccccc1)NCc1ccccc1-c1ccsc1. The van der Waals surface area contributed by atoms with E-state index in [-0.39, 0.29) is 24.5 Å². The lowest BCUT2D eigenvalue weighted by Gasteiger charge is -2.10. The van der Waals surface area contributed by atoms with Crippen LogP contribution in [-0.2, 0) is 11.3 Å². The van der Waals surface area contributed by atoms with Crippen LogP contribution in [0.3, 0.4) is 0 Å². The molecule has 0 aliphatic rings. The average Bonchev–Trinajstić information content (AvgIpc) is 3.20. The first-order valence-corrected chi connectivity index (χ1v) is 9.14. The predicted octanol–water partition coefficient (Wildman–Crippen LogP) is 4.69. The number of ketones is 1. The fourth-order valence-electron chi connectivity index (χ4n) is 2.65. The smallest absolute Gasteiger partial charge is 0.220 e. The van der Waals surface area contributed by atoms with E-state index in [0.717, 1.165) is 16.7 Å². The molecule has 0 aliphatic heterocycles. The van der Waals surface area contributed by atoms with E-state index in [1.807, 2.05) is 41.8 Å². The van der Waals surface area contributed by atoms with Crippen molar-refractivity contribution in [1.29, 1.82) is 0 Å². The zero-order valence-electron chi connectivity index (χ0n) is 13.8. The highest BCUT2D eigenvalue weighted by atomic mass is 32.1. The topological polar surface area (TPSA) is 46.2 Å². The van der Waals surface area contributed by atoms with Crippen molar-refractivity contribution >= 4 is 23.0 Å². The number of amides is 1. The van der Waals surface area contributed by atoms with E-state index in [4.69, 9.17) is 0 Å². The molecule has 126 valence electrons. The molecule has 1 aromatic heterocycles. The first-order chi connectivity index (χ1) is 12.2. The summed E-state index contributed by atoms with van der Waals surface area (Å²) < 4.78 is 0. The molecule has 1 amide bonds. The molecule has 3 rings (SSSR count). The fraction of sp³-hybridized carbons (Fsp3) is 0.143. The number of rotatable bonds is 7. The number of carbonyl (C=O) groups is 2. The van der Waals surface area contributed by atoms with Crippen molar-refractivity contribution < 1.29 is 9.59 Å². The maximum absolute atomic E-state index is 12.1. The quantitative estimate of drug-likeness (QED) is 0.629. The zero-order valence-corrected chi connectivity index (χ0v) is 14.6. The third kappa shape index (κ3) is 4.64. The normalized spacial score (nSPS) is 10.4. The Morgan fingerprint density at radius 3 is 2.40 bits per heavy atom. The molecule has 4 heteroatoms. The molecule has 0 bridgehead atoms. The maximum Gasteiger partial charge on any atom is 0.220 e. The van der Waals surface area contributed by atoms with Crippen LogP contribution >= 0.6 is 11.3 Å². The second-order valence-corrected chi connectivity index (χ2v) is 6.52. The first kappa shape index (κ1) is 17.1. The van der Waals surface area contributed by atoms with Crippen LogP contribution in [0.25, 0.3) is 11.1 Å². The monoisotopic (exact) mass is 349 g/mol. The van der Waals surface area contributed by atoms with Crippen LogP contribution in [0, 0.1) is 0 Å². The molecule has 3 aromatic rings. The van der Waals surface area contributed by atoms with Gasteiger partial charge in [-0.25, -0.2) is 0 Å². The summed E-state index contributed by atoms with van der Waals surface area (Å²) in [7, 11) is 0. The lowest BCUT2D eigenvalue weighted by Crippen LogP contribution is -2.23. The Labute approximate surface area is 151 Å². The molecule has 25 heavy (non-hydrogen) atoms. The van der Waals surface area contributed by atoms with Gasteiger partial charge in [-0.15, -0.1) is 0 Å². The number of nitrogens with one attached hydrogen (secondary N) is 1. The predicted molar refractivity (Wildman–Crippen MR) is 102 cm³/mol. The van der Waals surface area contributed by atoms with Crippen molar-refractivity contribution in [3.63, 3.8) is 0 Å². The molecule has 0 saturated heterocycles. The molecular weight excluding hydrogens is 330 g/mol. The highest BCUT2D eigenvalue weighted by Crippen LogP contribution is 2.25. The van der Waals surface area contributed by atoms with E-state index in [0.29, 0.717) is 12.1 Å². The maximum atomic E-state index is 12.1. The molecule has 0 aliphatic carbocycles. The number of carbonyl (C=O) groups excluding carboxylic acids is 2. The van der Waals surface area contributed by atoms with E-state index >= 15 is 0 Å². The van der Waals surface area contributed by atoms with Gasteiger partial charge in [0.05, 0.1) is 0 Å². The van der Waals surface area contributed by atoms with Gasteiger partial charge in [0.15, 0.2) is 5.78 Å². The molecule has 1 heterocycles. The molecule has 0 spiro atoms. The van der Waals surface area contributed by atoms with Crippen molar-refractivity contribution in [3.05, 3.63) is 82.6 Å². The molecule has 1 N–H and O–H groups in total. The van der Waals surface area contributed by atoms with Crippen LogP contribution in [0.1, 0.15) is 28.8 Å². The van der Waals surface area contributed by atoms with Gasteiger partial charge in [-0.1, -0.05) is 54.6 Å². The highest BCUT2D eigenvalue weighted by molar-refractivity contribution is 7.08. The summed E-state index contributed by atoms with van der Waals surface area (Å²) in [6.07, 6.45) is 0.427. The fourth-order valence-corrected chi connectivity index (χ4v) is 3.31. The Bertz CT molecular complexity index is 841. The van der Waals surface area contributed by atoms with Gasteiger partial charge in [0.1, 0.15) is 0 Å². The standard InChI is InChI=1S/C21H19NO2S/c23-20(16-6-2-1-3-7-16)10-11-21(24)22-14-17-8-4-5-9-19(17)18-12-13-25-15-18/h1-9,12-13,15H,10-11,14H2,(H,22,24). The third-order valence-electron chi connectivity index (χ3n) is 4.00. The summed E-state index contributed by atoms with van der Waals surface area (Å²) in [5, 5.41) is 7.06. The van der Waals surface area contributed by atoms with E-state index in [9.17, 15) is 9.59 Å². The summed E-state index contributed by atoms with van der Waals surface area (Å²) >= 11 is 1.65. The second-order valence-electron chi connectivity index (χ2n) is 5.74. The van der Waals surface area contributed by atoms with Gasteiger partial charge in [0.2, 0.25) is 5.91 Å². The minimum Gasteiger partial charge on any atom is -0.352 e. The van der Waals surface area contributed by atoms with Gasteiger partial charge in [-0.3, -0.25) is 9.59 Å². The molecule has 2 aromatic carbocycles. The van der Waals surface area contributed by atoms with Gasteiger partial charge in [-0.2, -0.15) is 11.3 Å². The average molecular weight is 349 g/mol. The van der Waals surface area contributed by atoms with Crippen molar-refractivity contribution in [1.82, 2.24) is 5.32 Å². The van der Waals surface area contributed by atoms with E-state index < -0.39 is 0 Å². The van der Waals surface area contributed by atoms with Crippen LogP contribution in [0.2, 0.25) is 0 Å². The number of hydrogen-bond donors (Lipinski definition) is 1. The number of benzene rings is 2. The zero-order chi connectivity index (χ0) is 17.5. The lowest BCUT2D eigenvalue weighted by molar-refractivity contribution is -0.121. The van der Waals surface area contributed by atoms with E-state index in [1.165, 1.54) is 0 Å². The molecule has 0 radical (unpaired) electrons. The van der Waals surface area contributed by atoms with Crippen LogP contribution in [0.5, 0.6) is 0 Å². The van der Waals surface area contributed by atoms with Gasteiger partial charge in [-0.05, 0) is 33.5 Å². The van der Waals surface area contributed by atoms with Crippen molar-refractivity contribution in [2.45, 2.75) is 19.4 Å². The molecule has 0 saturated carbocycles. The highest BCUT2D eigenvalue weighted by Gasteiger charge is 2.10. The number of hydrogen-bond acceptors (Lipinski definition) is 3. The van der Waals surface area contributed by atoms with Crippen molar-refractivity contribution in [2.75, 3.05) is 0 Å². The van der Waals surface area contributed by atoms with Crippen LogP contribution in [0.4, 0.5) is 0 Å². The Morgan fingerprint density at radius 2 is 1.64 bits per heavy atom. The number of thiophene rings is 1. The minimum atomic E-state index is -0.107. The molecule has 0 fully saturated rings. The van der Waals surface area contributed by atoms with Crippen LogP contribution < -0.4 is 5.32 Å². The Morgan fingerprint density at radius 1 is 0.880 bits per heavy atom. The molecular formula is C21H19NO2S. The van der Waals surface area contributed by atoms with E-state index in [2.05, 4.69) is 22.8 Å². The Balaban J connectivity index is 1.54. The summed E-state index contributed by atoms with van der Waals surface area (Å²) in [5.74, 6) is -0.112.